The molecule has 10 nitrogen and oxygen atoms in total. The molecule has 0 radical (unpaired) electrons. The molecule has 20 atom stereocenters. The minimum absolute atomic E-state index is 0. The Hall–Kier alpha value is -3.73. The van der Waals surface area contributed by atoms with Gasteiger partial charge in [0.1, 0.15) is 6.61 Å². The molecule has 0 bridgehead atoms. The summed E-state index contributed by atoms with van der Waals surface area (Å²) in [5, 5.41) is 19.4. The van der Waals surface area contributed by atoms with Crippen LogP contribution in [0.1, 0.15) is 205 Å². The molecule has 4 saturated carbocycles. The number of nitrogens with zero attached hydrogens (tertiary/aromatic N) is 3. The smallest absolute Gasteiger partial charge is 0.410 e. The first-order valence-corrected chi connectivity index (χ1v) is 31.1. The number of aryl methyl sites for hydroxylation is 2. The van der Waals surface area contributed by atoms with Crippen LogP contribution in [-0.2, 0) is 33.7 Å². The molecule has 15 rings (SSSR count). The van der Waals surface area contributed by atoms with E-state index in [2.05, 4.69) is 93.5 Å². The average molecular weight is 1050 g/mol. The van der Waals surface area contributed by atoms with Crippen LogP contribution in [0.2, 0.25) is 0 Å². The van der Waals surface area contributed by atoms with Gasteiger partial charge in [-0.3, -0.25) is 10.2 Å². The van der Waals surface area contributed by atoms with Crippen LogP contribution in [-0.4, -0.2) is 80.0 Å². The predicted molar refractivity (Wildman–Crippen MR) is 304 cm³/mol. The third-order valence-electron chi connectivity index (χ3n) is 25.3. The Bertz CT molecular complexity index is 2760. The fourth-order valence-corrected chi connectivity index (χ4v) is 21.5. The number of likely N-dealkylation sites (tertiary alicyclic amines) is 1. The molecule has 8 fully saturated rings. The highest BCUT2D eigenvalue weighted by atomic mass is 16.6. The van der Waals surface area contributed by atoms with Gasteiger partial charge >= 0.3 is 6.09 Å². The number of nitrogens with one attached hydrogen (secondary N) is 3. The molecule has 12 aliphatic rings. The SMILES string of the molecule is C.CC1=C2C[C@H]3[C@@H](CC[C@@H]4c5cn[nH]c5CC[C@@]43C)[C@@H]2CC[C@@]2(C1)O[C@@H]1C[C@H](C)CN(C(=O)OCc3ccccc3)[C@H]1[C@H]2C.CC1=C2C[C@H]3[C@@H](CC[C@@H]4c5cn[nH]c5CC[C@@]43C)[C@@H]2CC[C@@]2(C1)O[C@@H]1C[C@H](C)CN[C@H]1[C@H]2C. The van der Waals surface area contributed by atoms with Crippen molar-refractivity contribution in [1.82, 2.24) is 30.6 Å². The van der Waals surface area contributed by atoms with E-state index in [-0.39, 0.29) is 42.8 Å². The van der Waals surface area contributed by atoms with Crippen molar-refractivity contribution in [2.24, 2.45) is 70.0 Å². The molecule has 4 saturated heterocycles. The number of hydrogen-bond donors (Lipinski definition) is 3. The Kier molecular flexibility index (Phi) is 13.3. The molecule has 1 aromatic carbocycles. The van der Waals surface area contributed by atoms with Gasteiger partial charge in [-0.1, -0.05) is 102 Å². The summed E-state index contributed by atoms with van der Waals surface area (Å²) in [6.45, 7) is 21.9. The zero-order valence-corrected chi connectivity index (χ0v) is 47.6. The number of carbonyl (C=O) groups excluding carboxylic acids is 1. The zero-order valence-electron chi connectivity index (χ0n) is 47.6. The molecule has 2 aromatic heterocycles. The molecule has 0 unspecified atom stereocenters. The summed E-state index contributed by atoms with van der Waals surface area (Å²) in [6.07, 6.45) is 27.0. The summed E-state index contributed by atoms with van der Waals surface area (Å²) in [5.41, 5.74) is 14.5. The third kappa shape index (κ3) is 8.23. The molecule has 3 N–H and O–H groups in total. The standard InChI is InChI=1S/C37H49N3O3.C29H43N3O.CH4/c1-22-16-33-34(40(20-22)35(41)42-21-25-8-6-5-7-9-25)24(3)37(43-33)15-12-26-27-10-11-30-29-19-38-39-32(29)13-14-36(30,4)31(27)17-28(26)23(2)18-37;1-16-11-26-27(30-14-16)18(3)29(33-26)10-7-19-20-5-6-23-22-15-31-32-25(22)8-9-28(23,4)24(20)12-21(19)17(2)13-29;/h5-9,19,22,24,26-27,30-31,33-34H,10-18,20-21H2,1-4H3,(H,38,39);15-16,18-20,23-24,26-27,30H,5-14H2,1-4H3,(H,31,32);1H4/t22-,24+,26-,27-,30+,31-,33+,34-,36-,37-;16-,18+,19-,20-,23+,24-,26+,27-,28-,29-;/m00./s1. The van der Waals surface area contributed by atoms with E-state index in [9.17, 15) is 4.79 Å². The van der Waals surface area contributed by atoms with Crippen LogP contribution in [0.25, 0.3) is 0 Å². The van der Waals surface area contributed by atoms with Crippen LogP contribution in [0.4, 0.5) is 4.79 Å². The van der Waals surface area contributed by atoms with E-state index in [0.29, 0.717) is 59.2 Å². The topological polar surface area (TPSA) is 117 Å². The Morgan fingerprint density at radius 1 is 0.701 bits per heavy atom. The normalized spacial score (nSPS) is 45.1. The first-order valence-electron chi connectivity index (χ1n) is 31.1. The lowest BCUT2D eigenvalue weighted by molar-refractivity contribution is -0.0789. The van der Waals surface area contributed by atoms with E-state index in [4.69, 9.17) is 14.2 Å². The average Bonchev–Trinajstić information content (AvgIpc) is 4.45. The second-order valence-electron chi connectivity index (χ2n) is 28.9. The van der Waals surface area contributed by atoms with E-state index >= 15 is 0 Å². The zero-order chi connectivity index (χ0) is 52.0. The lowest BCUT2D eigenvalue weighted by Crippen LogP contribution is -2.54. The molecule has 3 aromatic rings. The van der Waals surface area contributed by atoms with Gasteiger partial charge in [0.15, 0.2) is 0 Å². The first-order chi connectivity index (χ1) is 36.7. The quantitative estimate of drug-likeness (QED) is 0.219. The monoisotopic (exact) mass is 1050 g/mol. The number of allylic oxidation sites excluding steroid dienone is 2. The van der Waals surface area contributed by atoms with Crippen molar-refractivity contribution in [2.45, 2.75) is 232 Å². The summed E-state index contributed by atoms with van der Waals surface area (Å²) in [6, 6.07) is 10.7. The summed E-state index contributed by atoms with van der Waals surface area (Å²) in [5.74, 6) is 8.22. The summed E-state index contributed by atoms with van der Waals surface area (Å²) in [4.78, 5) is 15.6. The maximum atomic E-state index is 13.6. The van der Waals surface area contributed by atoms with E-state index in [1.807, 2.05) is 40.8 Å². The number of carbonyl (C=O) groups is 1. The maximum Gasteiger partial charge on any atom is 0.410 e. The minimum atomic E-state index is -0.189. The Balaban J connectivity index is 0.000000150. The molecule has 1 amide bonds. The van der Waals surface area contributed by atoms with Gasteiger partial charge < -0.3 is 24.4 Å². The number of aromatic amines is 2. The third-order valence-corrected chi connectivity index (χ3v) is 25.3. The fourth-order valence-electron chi connectivity index (χ4n) is 21.5. The minimum Gasteiger partial charge on any atom is -0.445 e. The van der Waals surface area contributed by atoms with E-state index in [1.54, 1.807) is 22.3 Å². The van der Waals surface area contributed by atoms with Crippen LogP contribution >= 0.6 is 0 Å². The van der Waals surface area contributed by atoms with Gasteiger partial charge in [0.2, 0.25) is 0 Å². The lowest BCUT2D eigenvalue weighted by Gasteiger charge is -2.52. The van der Waals surface area contributed by atoms with Crippen molar-refractivity contribution in [2.75, 3.05) is 13.1 Å². The van der Waals surface area contributed by atoms with E-state index in [0.717, 1.165) is 79.8 Å². The van der Waals surface area contributed by atoms with Crippen molar-refractivity contribution < 1.29 is 19.0 Å². The summed E-state index contributed by atoms with van der Waals surface area (Å²) in [7, 11) is 0. The maximum absolute atomic E-state index is 13.6. The number of aromatic nitrogens is 4. The van der Waals surface area contributed by atoms with Crippen LogP contribution in [0.3, 0.4) is 0 Å². The molecule has 418 valence electrons. The number of benzene rings is 1. The highest BCUT2D eigenvalue weighted by Crippen LogP contribution is 2.69. The highest BCUT2D eigenvalue weighted by molar-refractivity contribution is 5.68. The van der Waals surface area contributed by atoms with Crippen LogP contribution in [0.15, 0.2) is 65.0 Å². The number of hydrogen-bond acceptors (Lipinski definition) is 7. The number of piperidine rings is 2. The van der Waals surface area contributed by atoms with Gasteiger partial charge in [-0.25, -0.2) is 4.79 Å². The van der Waals surface area contributed by atoms with Crippen LogP contribution in [0.5, 0.6) is 0 Å². The fraction of sp³-hybridized carbons (Fsp3) is 0.746. The number of rotatable bonds is 2. The first kappa shape index (κ1) is 52.6. The van der Waals surface area contributed by atoms with Crippen molar-refractivity contribution in [1.29, 1.82) is 0 Å². The highest BCUT2D eigenvalue weighted by Gasteiger charge is 2.63. The largest absolute Gasteiger partial charge is 0.445 e. The van der Waals surface area contributed by atoms with Gasteiger partial charge in [-0.15, -0.1) is 0 Å². The summed E-state index contributed by atoms with van der Waals surface area (Å²) < 4.78 is 20.2. The number of amides is 1. The van der Waals surface area contributed by atoms with Crippen molar-refractivity contribution in [3.63, 3.8) is 0 Å². The lowest BCUT2D eigenvalue weighted by atomic mass is 9.52. The molecule has 8 aliphatic carbocycles. The van der Waals surface area contributed by atoms with Crippen molar-refractivity contribution in [3.8, 4) is 0 Å². The number of H-pyrrole nitrogens is 2. The molecule has 4 aliphatic heterocycles. The Morgan fingerprint density at radius 2 is 1.25 bits per heavy atom. The Morgan fingerprint density at radius 3 is 1.83 bits per heavy atom. The molecule has 10 heteroatoms. The number of fused-ring (bicyclic) bond motifs is 16. The molecular weight excluding hydrogens is 953 g/mol. The van der Waals surface area contributed by atoms with Gasteiger partial charge in [0.05, 0.1) is 41.8 Å². The molecular formula is C67H96N6O4. The predicted octanol–water partition coefficient (Wildman–Crippen LogP) is 14.2. The van der Waals surface area contributed by atoms with Crippen molar-refractivity contribution >= 4 is 6.09 Å². The van der Waals surface area contributed by atoms with Gasteiger partial charge in [0, 0.05) is 35.8 Å². The van der Waals surface area contributed by atoms with Crippen LogP contribution in [0, 0.1) is 70.0 Å². The summed E-state index contributed by atoms with van der Waals surface area (Å²) >= 11 is 0. The second kappa shape index (κ2) is 19.5. The van der Waals surface area contributed by atoms with Gasteiger partial charge in [-0.2, -0.15) is 10.2 Å². The molecule has 77 heavy (non-hydrogen) atoms. The Labute approximate surface area is 462 Å². The van der Waals surface area contributed by atoms with Crippen LogP contribution < -0.4 is 5.32 Å². The number of ether oxygens (including phenoxy) is 3. The van der Waals surface area contributed by atoms with Gasteiger partial charge in [0.25, 0.3) is 0 Å². The second-order valence-corrected chi connectivity index (χ2v) is 28.9. The molecule has 6 heterocycles. The van der Waals surface area contributed by atoms with Gasteiger partial charge in [-0.05, 0) is 223 Å². The van der Waals surface area contributed by atoms with E-state index in [1.165, 1.54) is 107 Å². The molecule has 2 spiro atoms. The van der Waals surface area contributed by atoms with E-state index < -0.39 is 0 Å². The van der Waals surface area contributed by atoms with Crippen molar-refractivity contribution in [3.05, 3.63) is 93.1 Å².